The number of Topliss-reactive ketones (excluding diaryl/α,β-unsaturated/α-hetero) is 1. The van der Waals surface area contributed by atoms with Gasteiger partial charge < -0.3 is 19.3 Å². The minimum Gasteiger partial charge on any atom is -0.496 e. The molecule has 8 heteroatoms. The molecule has 2 atom stereocenters. The van der Waals surface area contributed by atoms with E-state index in [1.807, 2.05) is 11.6 Å². The third kappa shape index (κ3) is 5.04. The molecule has 1 saturated carbocycles. The number of nitrogens with zero attached hydrogens (tertiary/aromatic N) is 4. The number of nitriles is 1. The molecule has 1 N–H and O–H groups in total. The number of aryl methyl sites for hydroxylation is 1. The molecular formula is C31H36N4O4. The molecule has 3 aromatic rings. The Morgan fingerprint density at radius 3 is 2.64 bits per heavy atom. The first-order valence-electron chi connectivity index (χ1n) is 13.8. The number of aromatic nitrogens is 2. The molecule has 0 unspecified atom stereocenters. The van der Waals surface area contributed by atoms with Crippen LogP contribution < -0.4 is 4.74 Å². The maximum Gasteiger partial charge on any atom is 0.225 e. The van der Waals surface area contributed by atoms with E-state index in [-0.39, 0.29) is 36.6 Å². The van der Waals surface area contributed by atoms with Crippen LogP contribution in [0.4, 0.5) is 0 Å². The molecule has 0 bridgehead atoms. The number of ether oxygens (including phenoxy) is 1. The number of piperidine rings is 1. The summed E-state index contributed by atoms with van der Waals surface area (Å²) < 4.78 is 7.94. The average Bonchev–Trinajstić information content (AvgIpc) is 3.60. The second-order valence-electron chi connectivity index (χ2n) is 11.1. The van der Waals surface area contributed by atoms with Crippen LogP contribution in [0.15, 0.2) is 30.6 Å². The lowest BCUT2D eigenvalue weighted by molar-refractivity contribution is -0.137. The molecular weight excluding hydrogens is 492 g/mol. The van der Waals surface area contributed by atoms with E-state index in [1.54, 1.807) is 25.4 Å². The molecule has 1 aromatic carbocycles. The number of aliphatic hydroxyl groups is 1. The number of pyridine rings is 1. The van der Waals surface area contributed by atoms with Crippen molar-refractivity contribution in [2.24, 2.45) is 18.9 Å². The van der Waals surface area contributed by atoms with Crippen molar-refractivity contribution in [3.05, 3.63) is 58.4 Å². The first kappa shape index (κ1) is 26.9. The van der Waals surface area contributed by atoms with Crippen LogP contribution in [0.5, 0.6) is 5.75 Å². The van der Waals surface area contributed by atoms with Crippen LogP contribution in [-0.2, 0) is 24.9 Å². The molecule has 2 fully saturated rings. The predicted molar refractivity (Wildman–Crippen MR) is 147 cm³/mol. The lowest BCUT2D eigenvalue weighted by Gasteiger charge is -2.38. The summed E-state index contributed by atoms with van der Waals surface area (Å²) in [5.41, 5.74) is 3.83. The van der Waals surface area contributed by atoms with Crippen molar-refractivity contribution in [1.82, 2.24) is 14.5 Å². The van der Waals surface area contributed by atoms with Crippen molar-refractivity contribution in [3.63, 3.8) is 0 Å². The Morgan fingerprint density at radius 1 is 1.21 bits per heavy atom. The standard InChI is InChI=1S/C31H36N4O4/c1-19-16-35(31(38)20-6-4-5-7-20)11-10-25(19)26-17-34(2)30-28(26)29(39-3)24(15-33-30)13-27(37)21-8-9-22(18-36)23(12-21)14-32/h8-9,12,15,17,19-20,25,36H,4-7,10-11,13,16,18H2,1-3H3/t19-,25+/m0/s1. The van der Waals surface area contributed by atoms with Gasteiger partial charge in [-0.1, -0.05) is 31.9 Å². The largest absolute Gasteiger partial charge is 0.496 e. The Balaban J connectivity index is 1.43. The number of amides is 1. The van der Waals surface area contributed by atoms with E-state index < -0.39 is 0 Å². The molecule has 1 amide bonds. The third-order valence-corrected chi connectivity index (χ3v) is 8.64. The van der Waals surface area contributed by atoms with Crippen LogP contribution in [0.3, 0.4) is 0 Å². The van der Waals surface area contributed by atoms with Gasteiger partial charge in [0.2, 0.25) is 5.91 Å². The summed E-state index contributed by atoms with van der Waals surface area (Å²) >= 11 is 0. The smallest absolute Gasteiger partial charge is 0.225 e. The highest BCUT2D eigenvalue weighted by molar-refractivity contribution is 5.99. The van der Waals surface area contributed by atoms with E-state index >= 15 is 0 Å². The van der Waals surface area contributed by atoms with Crippen LogP contribution >= 0.6 is 0 Å². The van der Waals surface area contributed by atoms with Gasteiger partial charge in [-0.15, -0.1) is 0 Å². The van der Waals surface area contributed by atoms with Gasteiger partial charge in [-0.25, -0.2) is 4.98 Å². The summed E-state index contributed by atoms with van der Waals surface area (Å²) in [7, 11) is 3.59. The molecule has 5 rings (SSSR count). The highest BCUT2D eigenvalue weighted by Gasteiger charge is 2.35. The van der Waals surface area contributed by atoms with E-state index in [9.17, 15) is 20.0 Å². The Labute approximate surface area is 229 Å². The van der Waals surface area contributed by atoms with Crippen molar-refractivity contribution in [2.75, 3.05) is 20.2 Å². The number of aliphatic hydroxyl groups excluding tert-OH is 1. The zero-order chi connectivity index (χ0) is 27.7. The average molecular weight is 529 g/mol. The van der Waals surface area contributed by atoms with E-state index in [2.05, 4.69) is 24.1 Å². The summed E-state index contributed by atoms with van der Waals surface area (Å²) in [5, 5.41) is 19.8. The minimum atomic E-state index is -0.255. The van der Waals surface area contributed by atoms with Gasteiger partial charge in [-0.3, -0.25) is 9.59 Å². The molecule has 1 saturated heterocycles. The molecule has 0 spiro atoms. The van der Waals surface area contributed by atoms with Gasteiger partial charge in [0, 0.05) is 56.0 Å². The quantitative estimate of drug-likeness (QED) is 0.452. The molecule has 1 aliphatic carbocycles. The SMILES string of the molecule is COc1c(CC(=O)c2ccc(CO)c(C#N)c2)cnc2c1c([C@@H]1CCN(C(=O)C3CCCC3)C[C@@H]1C)cn2C. The number of ketones is 1. The van der Waals surface area contributed by atoms with Crippen molar-refractivity contribution < 1.29 is 19.4 Å². The molecule has 8 nitrogen and oxygen atoms in total. The summed E-state index contributed by atoms with van der Waals surface area (Å²) in [4.78, 5) is 33.1. The number of carbonyl (C=O) groups is 2. The predicted octanol–water partition coefficient (Wildman–Crippen LogP) is 4.51. The lowest BCUT2D eigenvalue weighted by atomic mass is 9.81. The van der Waals surface area contributed by atoms with Crippen LogP contribution in [0.1, 0.15) is 77.6 Å². The number of methoxy groups -OCH3 is 1. The van der Waals surface area contributed by atoms with Gasteiger partial charge in [-0.2, -0.15) is 5.26 Å². The van der Waals surface area contributed by atoms with E-state index in [1.165, 1.54) is 6.07 Å². The molecule has 39 heavy (non-hydrogen) atoms. The second-order valence-corrected chi connectivity index (χ2v) is 11.1. The van der Waals surface area contributed by atoms with Gasteiger partial charge in [0.1, 0.15) is 11.4 Å². The summed E-state index contributed by atoms with van der Waals surface area (Å²) in [6.45, 7) is 3.46. The van der Waals surface area contributed by atoms with Gasteiger partial charge in [0.05, 0.1) is 30.7 Å². The number of fused-ring (bicyclic) bond motifs is 1. The number of rotatable bonds is 7. The summed E-state index contributed by atoms with van der Waals surface area (Å²) in [6.07, 6.45) is 9.12. The lowest BCUT2D eigenvalue weighted by Crippen LogP contribution is -2.44. The zero-order valence-electron chi connectivity index (χ0n) is 22.9. The number of hydrogen-bond donors (Lipinski definition) is 1. The Bertz CT molecular complexity index is 1450. The van der Waals surface area contributed by atoms with E-state index in [0.717, 1.165) is 61.8 Å². The number of likely N-dealkylation sites (tertiary alicyclic amines) is 1. The Kier molecular flexibility index (Phi) is 7.72. The fourth-order valence-electron chi connectivity index (χ4n) is 6.53. The second kappa shape index (κ2) is 11.2. The minimum absolute atomic E-state index is 0.0771. The normalized spacial score (nSPS) is 19.8. The number of benzene rings is 1. The number of carbonyl (C=O) groups excluding carboxylic acids is 2. The first-order chi connectivity index (χ1) is 18.9. The highest BCUT2D eigenvalue weighted by atomic mass is 16.5. The van der Waals surface area contributed by atoms with E-state index in [0.29, 0.717) is 33.9 Å². The van der Waals surface area contributed by atoms with Gasteiger partial charge in [0.15, 0.2) is 5.78 Å². The van der Waals surface area contributed by atoms with Crippen LogP contribution in [0, 0.1) is 23.2 Å². The van der Waals surface area contributed by atoms with Crippen molar-refractivity contribution in [2.45, 2.75) is 58.0 Å². The fraction of sp³-hybridized carbons (Fsp3) is 0.484. The Hall–Kier alpha value is -3.70. The Morgan fingerprint density at radius 2 is 1.97 bits per heavy atom. The summed E-state index contributed by atoms with van der Waals surface area (Å²) in [6, 6.07) is 6.84. The molecule has 1 aliphatic heterocycles. The third-order valence-electron chi connectivity index (χ3n) is 8.64. The van der Waals surface area contributed by atoms with E-state index in [4.69, 9.17) is 9.72 Å². The van der Waals surface area contributed by atoms with Gasteiger partial charge in [0.25, 0.3) is 0 Å². The number of hydrogen-bond acceptors (Lipinski definition) is 6. The van der Waals surface area contributed by atoms with Crippen molar-refractivity contribution >= 4 is 22.7 Å². The van der Waals surface area contributed by atoms with Gasteiger partial charge >= 0.3 is 0 Å². The molecule has 3 heterocycles. The monoisotopic (exact) mass is 528 g/mol. The molecule has 2 aliphatic rings. The molecule has 204 valence electrons. The fourth-order valence-corrected chi connectivity index (χ4v) is 6.53. The molecule has 0 radical (unpaired) electrons. The first-order valence-corrected chi connectivity index (χ1v) is 13.8. The van der Waals surface area contributed by atoms with Crippen LogP contribution in [0.25, 0.3) is 11.0 Å². The molecule has 2 aromatic heterocycles. The van der Waals surface area contributed by atoms with Crippen LogP contribution in [-0.4, -0.2) is 51.4 Å². The maximum atomic E-state index is 13.2. The van der Waals surface area contributed by atoms with Crippen LogP contribution in [0.2, 0.25) is 0 Å². The zero-order valence-corrected chi connectivity index (χ0v) is 22.9. The van der Waals surface area contributed by atoms with Crippen molar-refractivity contribution in [3.8, 4) is 11.8 Å². The maximum absolute atomic E-state index is 13.2. The highest BCUT2D eigenvalue weighted by Crippen LogP contribution is 2.42. The summed E-state index contributed by atoms with van der Waals surface area (Å²) in [5.74, 6) is 1.53. The van der Waals surface area contributed by atoms with Crippen molar-refractivity contribution in [1.29, 1.82) is 5.26 Å². The van der Waals surface area contributed by atoms with Gasteiger partial charge in [-0.05, 0) is 48.3 Å². The topological polar surface area (TPSA) is 108 Å².